The van der Waals surface area contributed by atoms with Gasteiger partial charge in [0.15, 0.2) is 6.61 Å². The van der Waals surface area contributed by atoms with E-state index < -0.39 is 0 Å². The van der Waals surface area contributed by atoms with E-state index in [0.29, 0.717) is 6.54 Å². The highest BCUT2D eigenvalue weighted by Crippen LogP contribution is 2.21. The van der Waals surface area contributed by atoms with Crippen LogP contribution in [0.3, 0.4) is 0 Å². The van der Waals surface area contributed by atoms with E-state index >= 15 is 0 Å². The van der Waals surface area contributed by atoms with Gasteiger partial charge in [-0.3, -0.25) is 4.79 Å². The highest BCUT2D eigenvalue weighted by atomic mass is 32.1. The lowest BCUT2D eigenvalue weighted by Gasteiger charge is -2.17. The van der Waals surface area contributed by atoms with Crippen molar-refractivity contribution in [2.75, 3.05) is 13.7 Å². The molecule has 0 fully saturated rings. The number of aryl methyl sites for hydroxylation is 1. The minimum atomic E-state index is -0.0597. The number of carbonyl (C=O) groups is 1. The molecule has 1 amide bonds. The zero-order valence-corrected chi connectivity index (χ0v) is 16.5. The second kappa shape index (κ2) is 9.33. The average Bonchev–Trinajstić information content (AvgIpc) is 3.15. The molecule has 5 heteroatoms. The van der Waals surface area contributed by atoms with Gasteiger partial charge in [0.25, 0.3) is 5.91 Å². The first-order chi connectivity index (χ1) is 13.2. The van der Waals surface area contributed by atoms with E-state index in [1.165, 1.54) is 5.56 Å². The molecule has 1 aromatic heterocycles. The van der Waals surface area contributed by atoms with Gasteiger partial charge in [0.1, 0.15) is 5.75 Å². The number of hydrogen-bond acceptors (Lipinski definition) is 4. The summed E-state index contributed by atoms with van der Waals surface area (Å²) in [6, 6.07) is 18.1. The first kappa shape index (κ1) is 19.1. The number of nitrogens with zero attached hydrogens (tertiary/aromatic N) is 2. The third-order valence-electron chi connectivity index (χ3n) is 4.29. The van der Waals surface area contributed by atoms with Gasteiger partial charge in [-0.25, -0.2) is 4.98 Å². The summed E-state index contributed by atoms with van der Waals surface area (Å²) in [6.07, 6.45) is 1.70. The monoisotopic (exact) mass is 380 g/mol. The van der Waals surface area contributed by atoms with Crippen molar-refractivity contribution in [2.45, 2.75) is 26.3 Å². The lowest BCUT2D eigenvalue weighted by atomic mass is 10.0. The van der Waals surface area contributed by atoms with Crippen molar-refractivity contribution in [3.05, 3.63) is 81.8 Å². The van der Waals surface area contributed by atoms with Crippen LogP contribution in [0.5, 0.6) is 5.75 Å². The fourth-order valence-corrected chi connectivity index (χ4v) is 3.51. The molecule has 140 valence electrons. The van der Waals surface area contributed by atoms with Crippen LogP contribution >= 0.6 is 11.3 Å². The van der Waals surface area contributed by atoms with Crippen molar-refractivity contribution in [1.29, 1.82) is 0 Å². The molecule has 0 N–H and O–H groups in total. The molecule has 0 saturated heterocycles. The zero-order chi connectivity index (χ0) is 19.1. The highest BCUT2D eigenvalue weighted by Gasteiger charge is 2.13. The topological polar surface area (TPSA) is 42.4 Å². The van der Waals surface area contributed by atoms with Gasteiger partial charge >= 0.3 is 0 Å². The quantitative estimate of drug-likeness (QED) is 0.584. The van der Waals surface area contributed by atoms with Crippen molar-refractivity contribution in [2.24, 2.45) is 0 Å². The summed E-state index contributed by atoms with van der Waals surface area (Å²) in [5, 5.41) is 3.11. The molecule has 2 aromatic carbocycles. The second-order valence-corrected chi connectivity index (χ2v) is 7.34. The van der Waals surface area contributed by atoms with Crippen molar-refractivity contribution < 1.29 is 9.53 Å². The zero-order valence-electron chi connectivity index (χ0n) is 15.7. The summed E-state index contributed by atoms with van der Waals surface area (Å²) in [6.45, 7) is 2.61. The van der Waals surface area contributed by atoms with E-state index in [4.69, 9.17) is 4.74 Å². The number of aromatic nitrogens is 1. The van der Waals surface area contributed by atoms with E-state index in [2.05, 4.69) is 24.0 Å². The Labute approximate surface area is 164 Å². The average molecular weight is 381 g/mol. The molecule has 0 saturated carbocycles. The number of hydrogen-bond donors (Lipinski definition) is 0. The molecule has 0 atom stereocenters. The van der Waals surface area contributed by atoms with Gasteiger partial charge < -0.3 is 9.64 Å². The predicted octanol–water partition coefficient (Wildman–Crippen LogP) is 4.33. The Morgan fingerprint density at radius 2 is 1.85 bits per heavy atom. The number of ether oxygens (including phenoxy) is 1. The van der Waals surface area contributed by atoms with E-state index in [0.717, 1.165) is 34.9 Å². The lowest BCUT2D eigenvalue weighted by Crippen LogP contribution is -2.31. The Hall–Kier alpha value is -2.66. The molecule has 0 aliphatic heterocycles. The summed E-state index contributed by atoms with van der Waals surface area (Å²) in [5.41, 5.74) is 3.22. The van der Waals surface area contributed by atoms with Crippen LogP contribution in [0.1, 0.15) is 28.8 Å². The number of benzene rings is 2. The van der Waals surface area contributed by atoms with Gasteiger partial charge in [-0.1, -0.05) is 55.5 Å². The second-order valence-electron chi connectivity index (χ2n) is 6.39. The van der Waals surface area contributed by atoms with E-state index in [1.807, 2.05) is 47.8 Å². The normalized spacial score (nSPS) is 10.6. The number of rotatable bonds is 8. The summed E-state index contributed by atoms with van der Waals surface area (Å²) in [4.78, 5) is 18.6. The SMILES string of the molecule is CCc1nc(CN(C)C(=O)COc2ccccc2Cc2ccccc2)cs1. The first-order valence-electron chi connectivity index (χ1n) is 9.07. The number of amides is 1. The van der Waals surface area contributed by atoms with Crippen LogP contribution in [-0.2, 0) is 24.2 Å². The molecule has 0 aliphatic carbocycles. The third-order valence-corrected chi connectivity index (χ3v) is 5.33. The summed E-state index contributed by atoms with van der Waals surface area (Å²) >= 11 is 1.64. The van der Waals surface area contributed by atoms with Crippen LogP contribution in [0, 0.1) is 0 Å². The van der Waals surface area contributed by atoms with Crippen molar-refractivity contribution in [1.82, 2.24) is 9.88 Å². The fraction of sp³-hybridized carbons (Fsp3) is 0.273. The van der Waals surface area contributed by atoms with Gasteiger partial charge in [-0.05, 0) is 23.6 Å². The van der Waals surface area contributed by atoms with Crippen LogP contribution in [0.25, 0.3) is 0 Å². The van der Waals surface area contributed by atoms with Gasteiger partial charge in [-0.15, -0.1) is 11.3 Å². The minimum absolute atomic E-state index is 0.0209. The molecular weight excluding hydrogens is 356 g/mol. The Bertz CT molecular complexity index is 877. The Morgan fingerprint density at radius 1 is 1.11 bits per heavy atom. The van der Waals surface area contributed by atoms with Crippen LogP contribution in [0.4, 0.5) is 0 Å². The van der Waals surface area contributed by atoms with Gasteiger partial charge in [0.2, 0.25) is 0 Å². The van der Waals surface area contributed by atoms with E-state index in [1.54, 1.807) is 23.3 Å². The van der Waals surface area contributed by atoms with E-state index in [-0.39, 0.29) is 12.5 Å². The number of para-hydroxylation sites is 1. The molecular formula is C22H24N2O2S. The standard InChI is InChI=1S/C22H24N2O2S/c1-3-21-23-19(16-27-21)14-24(2)22(25)15-26-20-12-8-7-11-18(20)13-17-9-5-4-6-10-17/h4-12,16H,3,13-15H2,1-2H3. The molecule has 0 unspecified atom stereocenters. The smallest absolute Gasteiger partial charge is 0.260 e. The molecule has 3 aromatic rings. The predicted molar refractivity (Wildman–Crippen MR) is 109 cm³/mol. The van der Waals surface area contributed by atoms with Crippen LogP contribution in [0.15, 0.2) is 60.0 Å². The van der Waals surface area contributed by atoms with Gasteiger partial charge in [-0.2, -0.15) is 0 Å². The fourth-order valence-electron chi connectivity index (χ4n) is 2.77. The molecule has 0 bridgehead atoms. The van der Waals surface area contributed by atoms with Crippen LogP contribution in [0.2, 0.25) is 0 Å². The van der Waals surface area contributed by atoms with Crippen molar-refractivity contribution in [3.8, 4) is 5.75 Å². The summed E-state index contributed by atoms with van der Waals surface area (Å²) in [7, 11) is 1.78. The summed E-state index contributed by atoms with van der Waals surface area (Å²) < 4.78 is 5.85. The Balaban J connectivity index is 1.58. The van der Waals surface area contributed by atoms with Crippen molar-refractivity contribution >= 4 is 17.2 Å². The highest BCUT2D eigenvalue weighted by molar-refractivity contribution is 7.09. The largest absolute Gasteiger partial charge is 0.483 e. The number of likely N-dealkylation sites (N-methyl/N-ethyl adjacent to an activating group) is 1. The third kappa shape index (κ3) is 5.41. The van der Waals surface area contributed by atoms with Gasteiger partial charge in [0.05, 0.1) is 17.2 Å². The molecule has 4 nitrogen and oxygen atoms in total. The lowest BCUT2D eigenvalue weighted by molar-refractivity contribution is -0.132. The maximum atomic E-state index is 12.4. The van der Waals surface area contributed by atoms with Crippen LogP contribution in [-0.4, -0.2) is 29.4 Å². The van der Waals surface area contributed by atoms with Gasteiger partial charge in [0, 0.05) is 18.8 Å². The maximum Gasteiger partial charge on any atom is 0.260 e. The molecule has 0 aliphatic rings. The Kier molecular flexibility index (Phi) is 6.60. The molecule has 0 spiro atoms. The maximum absolute atomic E-state index is 12.4. The van der Waals surface area contributed by atoms with E-state index in [9.17, 15) is 4.79 Å². The van der Waals surface area contributed by atoms with Crippen LogP contribution < -0.4 is 4.74 Å². The number of carbonyl (C=O) groups excluding carboxylic acids is 1. The molecule has 3 rings (SSSR count). The number of thiazole rings is 1. The van der Waals surface area contributed by atoms with Crippen molar-refractivity contribution in [3.63, 3.8) is 0 Å². The minimum Gasteiger partial charge on any atom is -0.483 e. The molecule has 0 radical (unpaired) electrons. The molecule has 27 heavy (non-hydrogen) atoms. The first-order valence-corrected chi connectivity index (χ1v) is 9.95. The summed E-state index contributed by atoms with van der Waals surface area (Å²) in [5.74, 6) is 0.695. The Morgan fingerprint density at radius 3 is 2.59 bits per heavy atom. The molecule has 1 heterocycles.